The summed E-state index contributed by atoms with van der Waals surface area (Å²) in [5, 5.41) is 14.5. The second-order valence-electron chi connectivity index (χ2n) is 9.00. The highest BCUT2D eigenvalue weighted by atomic mass is 16.5. The van der Waals surface area contributed by atoms with Crippen molar-refractivity contribution in [2.75, 3.05) is 19.8 Å². The average Bonchev–Trinajstić information content (AvgIpc) is 3.14. The highest BCUT2D eigenvalue weighted by molar-refractivity contribution is 5.79. The number of carbonyl (C=O) groups excluding carboxylic acids is 2. The number of aliphatic carboxylic acids is 1. The molecule has 0 radical (unpaired) electrons. The number of nitrogens with one attached hydrogen (secondary N) is 2. The maximum atomic E-state index is 12.5. The predicted octanol–water partition coefficient (Wildman–Crippen LogP) is 3.94. The van der Waals surface area contributed by atoms with E-state index < -0.39 is 24.2 Å². The van der Waals surface area contributed by atoms with Crippen LogP contribution in [0.2, 0.25) is 0 Å². The second kappa shape index (κ2) is 12.4. The number of hydrogen-bond acceptors (Lipinski definition) is 5. The van der Waals surface area contributed by atoms with Crippen LogP contribution < -0.4 is 10.6 Å². The molecule has 0 spiro atoms. The fourth-order valence-electron chi connectivity index (χ4n) is 4.39. The Hall–Kier alpha value is -3.39. The zero-order chi connectivity index (χ0) is 25.4. The van der Waals surface area contributed by atoms with E-state index in [-0.39, 0.29) is 43.7 Å². The van der Waals surface area contributed by atoms with Crippen molar-refractivity contribution >= 4 is 18.0 Å². The molecule has 35 heavy (non-hydrogen) atoms. The minimum atomic E-state index is -0.970. The largest absolute Gasteiger partial charge is 0.481 e. The summed E-state index contributed by atoms with van der Waals surface area (Å²) in [6.45, 7) is 6.18. The number of rotatable bonds is 12. The molecule has 8 nitrogen and oxygen atoms in total. The number of carboxylic acid groups (broad SMARTS) is 1. The first-order chi connectivity index (χ1) is 16.8. The molecule has 0 heterocycles. The Morgan fingerprint density at radius 2 is 1.57 bits per heavy atom. The Labute approximate surface area is 206 Å². The van der Waals surface area contributed by atoms with Gasteiger partial charge in [0.05, 0.1) is 18.9 Å². The van der Waals surface area contributed by atoms with Gasteiger partial charge >= 0.3 is 12.1 Å². The second-order valence-corrected chi connectivity index (χ2v) is 9.00. The summed E-state index contributed by atoms with van der Waals surface area (Å²) in [4.78, 5) is 36.0. The van der Waals surface area contributed by atoms with Gasteiger partial charge in [-0.05, 0) is 35.1 Å². The number of amides is 2. The average molecular weight is 483 g/mol. The van der Waals surface area contributed by atoms with Crippen molar-refractivity contribution < 1.29 is 29.0 Å². The summed E-state index contributed by atoms with van der Waals surface area (Å²) in [6, 6.07) is 15.8. The Kier molecular flexibility index (Phi) is 9.25. The van der Waals surface area contributed by atoms with Gasteiger partial charge in [-0.25, -0.2) is 4.79 Å². The van der Waals surface area contributed by atoms with Crippen LogP contribution in [0.25, 0.3) is 11.1 Å². The molecular formula is C27H34N2O6. The SMILES string of the molecule is CCOC(CNC(=O)OCC1c2ccccc2-c2ccccc21)CC(=O)N[C@@H](CC(=O)O)C(C)C. The Balaban J connectivity index is 1.52. The van der Waals surface area contributed by atoms with E-state index in [0.29, 0.717) is 6.61 Å². The van der Waals surface area contributed by atoms with Gasteiger partial charge in [0, 0.05) is 25.1 Å². The fraction of sp³-hybridized carbons (Fsp3) is 0.444. The van der Waals surface area contributed by atoms with Gasteiger partial charge < -0.3 is 25.2 Å². The lowest BCUT2D eigenvalue weighted by Gasteiger charge is -2.23. The molecule has 2 amide bonds. The van der Waals surface area contributed by atoms with Crippen LogP contribution in [-0.2, 0) is 19.1 Å². The molecule has 1 aliphatic carbocycles. The maximum absolute atomic E-state index is 12.5. The standard InChI is InChI=1S/C27H34N2O6/c1-4-34-18(13-25(30)29-24(17(2)3)14-26(31)32)15-28-27(33)35-16-23-21-11-7-5-9-19(21)20-10-6-8-12-22(20)23/h5-12,17-18,23-24H,4,13-16H2,1-3H3,(H,28,33)(H,29,30)(H,31,32)/t18?,24-/m0/s1. The summed E-state index contributed by atoms with van der Waals surface area (Å²) in [7, 11) is 0. The van der Waals surface area contributed by atoms with E-state index in [1.807, 2.05) is 38.1 Å². The molecule has 2 aromatic carbocycles. The Morgan fingerprint density at radius 1 is 0.971 bits per heavy atom. The number of carbonyl (C=O) groups is 3. The van der Waals surface area contributed by atoms with Crippen molar-refractivity contribution in [3.8, 4) is 11.1 Å². The van der Waals surface area contributed by atoms with Crippen molar-refractivity contribution in [1.82, 2.24) is 10.6 Å². The van der Waals surface area contributed by atoms with Gasteiger partial charge in [-0.3, -0.25) is 9.59 Å². The number of alkyl carbamates (subject to hydrolysis) is 1. The molecule has 2 aromatic rings. The van der Waals surface area contributed by atoms with E-state index in [0.717, 1.165) is 22.3 Å². The Bertz CT molecular complexity index is 992. The quantitative estimate of drug-likeness (QED) is 0.422. The monoisotopic (exact) mass is 482 g/mol. The summed E-state index contributed by atoms with van der Waals surface area (Å²) in [5.74, 6) is -1.36. The van der Waals surface area contributed by atoms with Crippen LogP contribution in [0.5, 0.6) is 0 Å². The molecule has 0 aliphatic heterocycles. The molecule has 0 saturated heterocycles. The third-order valence-electron chi connectivity index (χ3n) is 6.18. The van der Waals surface area contributed by atoms with Crippen LogP contribution in [-0.4, -0.2) is 55.0 Å². The third kappa shape index (κ3) is 7.05. The van der Waals surface area contributed by atoms with Crippen LogP contribution >= 0.6 is 0 Å². The number of benzene rings is 2. The number of fused-ring (bicyclic) bond motifs is 3. The molecule has 0 saturated carbocycles. The lowest BCUT2D eigenvalue weighted by atomic mass is 9.98. The van der Waals surface area contributed by atoms with Crippen LogP contribution in [0, 0.1) is 5.92 Å². The van der Waals surface area contributed by atoms with Crippen molar-refractivity contribution in [1.29, 1.82) is 0 Å². The van der Waals surface area contributed by atoms with E-state index in [1.165, 1.54) is 0 Å². The van der Waals surface area contributed by atoms with E-state index in [2.05, 4.69) is 34.9 Å². The normalized spacial score (nSPS) is 14.1. The summed E-state index contributed by atoms with van der Waals surface area (Å²) in [6.07, 6.45) is -1.29. The van der Waals surface area contributed by atoms with Gasteiger partial charge in [0.15, 0.2) is 0 Å². The lowest BCUT2D eigenvalue weighted by molar-refractivity contribution is -0.138. The molecule has 1 aliphatic rings. The van der Waals surface area contributed by atoms with Crippen molar-refractivity contribution in [2.24, 2.45) is 5.92 Å². The first-order valence-electron chi connectivity index (χ1n) is 12.0. The van der Waals surface area contributed by atoms with Crippen LogP contribution in [0.3, 0.4) is 0 Å². The molecule has 3 rings (SSSR count). The summed E-state index contributed by atoms with van der Waals surface area (Å²) in [5.41, 5.74) is 4.57. The zero-order valence-corrected chi connectivity index (χ0v) is 20.5. The highest BCUT2D eigenvalue weighted by Crippen LogP contribution is 2.44. The van der Waals surface area contributed by atoms with E-state index in [1.54, 1.807) is 6.92 Å². The minimum Gasteiger partial charge on any atom is -0.481 e. The van der Waals surface area contributed by atoms with Gasteiger partial charge in [0.2, 0.25) is 5.91 Å². The maximum Gasteiger partial charge on any atom is 0.407 e. The highest BCUT2D eigenvalue weighted by Gasteiger charge is 2.29. The predicted molar refractivity (Wildman–Crippen MR) is 132 cm³/mol. The van der Waals surface area contributed by atoms with Gasteiger partial charge in [-0.1, -0.05) is 62.4 Å². The van der Waals surface area contributed by atoms with Crippen LogP contribution in [0.4, 0.5) is 4.79 Å². The van der Waals surface area contributed by atoms with Gasteiger partial charge in [-0.15, -0.1) is 0 Å². The molecule has 2 atom stereocenters. The molecule has 1 unspecified atom stereocenters. The zero-order valence-electron chi connectivity index (χ0n) is 20.5. The first kappa shape index (κ1) is 26.2. The summed E-state index contributed by atoms with van der Waals surface area (Å²) >= 11 is 0. The van der Waals surface area contributed by atoms with Crippen LogP contribution in [0.15, 0.2) is 48.5 Å². The molecular weight excluding hydrogens is 448 g/mol. The Morgan fingerprint density at radius 3 is 2.11 bits per heavy atom. The van der Waals surface area contributed by atoms with E-state index in [4.69, 9.17) is 14.6 Å². The van der Waals surface area contributed by atoms with Crippen molar-refractivity contribution in [3.63, 3.8) is 0 Å². The molecule has 3 N–H and O–H groups in total. The number of hydrogen-bond donors (Lipinski definition) is 3. The number of ether oxygens (including phenoxy) is 2. The smallest absolute Gasteiger partial charge is 0.407 e. The molecule has 0 bridgehead atoms. The topological polar surface area (TPSA) is 114 Å². The molecule has 8 heteroatoms. The minimum absolute atomic E-state index is 0.000332. The number of carboxylic acids is 1. The fourth-order valence-corrected chi connectivity index (χ4v) is 4.39. The van der Waals surface area contributed by atoms with Gasteiger partial charge in [0.1, 0.15) is 6.61 Å². The third-order valence-corrected chi connectivity index (χ3v) is 6.18. The first-order valence-corrected chi connectivity index (χ1v) is 12.0. The molecule has 0 fully saturated rings. The van der Waals surface area contributed by atoms with Crippen molar-refractivity contribution in [2.45, 2.75) is 51.7 Å². The lowest BCUT2D eigenvalue weighted by Crippen LogP contribution is -2.43. The summed E-state index contributed by atoms with van der Waals surface area (Å²) < 4.78 is 11.2. The molecule has 188 valence electrons. The molecule has 0 aromatic heterocycles. The van der Waals surface area contributed by atoms with Gasteiger partial charge in [0.25, 0.3) is 0 Å². The van der Waals surface area contributed by atoms with E-state index in [9.17, 15) is 14.4 Å². The van der Waals surface area contributed by atoms with Crippen LogP contribution in [0.1, 0.15) is 50.7 Å². The van der Waals surface area contributed by atoms with Gasteiger partial charge in [-0.2, -0.15) is 0 Å². The van der Waals surface area contributed by atoms with Crippen molar-refractivity contribution in [3.05, 3.63) is 59.7 Å². The van der Waals surface area contributed by atoms with E-state index >= 15 is 0 Å².